The summed E-state index contributed by atoms with van der Waals surface area (Å²) >= 11 is 1.21. The van der Waals surface area contributed by atoms with E-state index >= 15 is 0 Å². The number of aromatic carboxylic acids is 1. The summed E-state index contributed by atoms with van der Waals surface area (Å²) in [6, 6.07) is 18.5. The molecule has 1 N–H and O–H groups in total. The molecule has 0 spiro atoms. The Hall–Kier alpha value is -4.50. The maximum Gasteiger partial charge on any atom is 0.338 e. The number of carbonyl (C=O) groups excluding carboxylic acids is 1. The number of rotatable bonds is 6. The van der Waals surface area contributed by atoms with Gasteiger partial charge in [-0.25, -0.2) is 14.6 Å². The van der Waals surface area contributed by atoms with Crippen LogP contribution in [-0.4, -0.2) is 27.7 Å². The van der Waals surface area contributed by atoms with E-state index in [1.54, 1.807) is 51.1 Å². The zero-order valence-electron chi connectivity index (χ0n) is 20.9. The summed E-state index contributed by atoms with van der Waals surface area (Å²) in [5.41, 5.74) is 2.20. The molecule has 1 aliphatic rings. The molecule has 0 radical (unpaired) electrons. The predicted molar refractivity (Wildman–Crippen MR) is 143 cm³/mol. The lowest BCUT2D eigenvalue weighted by Gasteiger charge is -2.25. The topological polar surface area (TPSA) is 111 Å². The van der Waals surface area contributed by atoms with Gasteiger partial charge >= 0.3 is 11.9 Å². The van der Waals surface area contributed by atoms with Crippen LogP contribution in [0, 0.1) is 0 Å². The lowest BCUT2D eigenvalue weighted by atomic mass is 9.96. The van der Waals surface area contributed by atoms with E-state index in [4.69, 9.17) is 14.3 Å². The summed E-state index contributed by atoms with van der Waals surface area (Å²) in [5, 5.41) is 9.11. The van der Waals surface area contributed by atoms with Crippen LogP contribution in [0.1, 0.15) is 48.5 Å². The van der Waals surface area contributed by atoms with Crippen LogP contribution < -0.4 is 14.9 Å². The normalized spacial score (nSPS) is 15.4. The van der Waals surface area contributed by atoms with Crippen LogP contribution in [0.2, 0.25) is 0 Å². The van der Waals surface area contributed by atoms with Crippen molar-refractivity contribution in [3.05, 3.63) is 115 Å². The molecule has 0 saturated heterocycles. The Kier molecular flexibility index (Phi) is 6.69. The van der Waals surface area contributed by atoms with Gasteiger partial charge in [-0.15, -0.1) is 0 Å². The Morgan fingerprint density at radius 1 is 1.08 bits per heavy atom. The van der Waals surface area contributed by atoms with E-state index in [1.807, 2.05) is 30.3 Å². The number of esters is 1. The molecule has 0 fully saturated rings. The van der Waals surface area contributed by atoms with Crippen molar-refractivity contribution >= 4 is 29.4 Å². The van der Waals surface area contributed by atoms with Gasteiger partial charge in [0.1, 0.15) is 11.5 Å². The highest BCUT2D eigenvalue weighted by atomic mass is 32.1. The van der Waals surface area contributed by atoms with E-state index in [0.29, 0.717) is 37.7 Å². The zero-order chi connectivity index (χ0) is 27.0. The summed E-state index contributed by atoms with van der Waals surface area (Å²) in [4.78, 5) is 43.0. The number of fused-ring (bicyclic) bond motifs is 1. The summed E-state index contributed by atoms with van der Waals surface area (Å²) < 4.78 is 13.4. The molecule has 0 amide bonds. The molecule has 5 rings (SSSR count). The van der Waals surface area contributed by atoms with Crippen molar-refractivity contribution in [1.29, 1.82) is 0 Å². The minimum absolute atomic E-state index is 0.182. The van der Waals surface area contributed by atoms with Gasteiger partial charge in [0, 0.05) is 11.6 Å². The van der Waals surface area contributed by atoms with Crippen LogP contribution in [0.4, 0.5) is 0 Å². The van der Waals surface area contributed by atoms with Crippen molar-refractivity contribution in [2.24, 2.45) is 4.99 Å². The van der Waals surface area contributed by atoms with Crippen molar-refractivity contribution in [1.82, 2.24) is 4.57 Å². The second kappa shape index (κ2) is 10.1. The van der Waals surface area contributed by atoms with Gasteiger partial charge in [-0.3, -0.25) is 9.36 Å². The van der Waals surface area contributed by atoms with Gasteiger partial charge < -0.3 is 14.3 Å². The molecule has 8 nitrogen and oxygen atoms in total. The third-order valence-electron chi connectivity index (χ3n) is 6.02. The van der Waals surface area contributed by atoms with Gasteiger partial charge in [-0.2, -0.15) is 0 Å². The summed E-state index contributed by atoms with van der Waals surface area (Å²) in [6.07, 6.45) is 1.32. The molecule has 38 heavy (non-hydrogen) atoms. The molecule has 2 aromatic heterocycles. The third-order valence-corrected chi connectivity index (χ3v) is 7.00. The average Bonchev–Trinajstić information content (AvgIpc) is 3.47. The Bertz CT molecular complexity index is 1740. The summed E-state index contributed by atoms with van der Waals surface area (Å²) in [7, 11) is 0. The number of furan rings is 1. The lowest BCUT2D eigenvalue weighted by Crippen LogP contribution is -2.40. The summed E-state index contributed by atoms with van der Waals surface area (Å²) in [5.74, 6) is -0.512. The maximum atomic E-state index is 13.7. The van der Waals surface area contributed by atoms with Crippen molar-refractivity contribution in [3.8, 4) is 11.3 Å². The van der Waals surface area contributed by atoms with Crippen molar-refractivity contribution < 1.29 is 23.8 Å². The molecule has 1 aliphatic heterocycles. The molecule has 9 heteroatoms. The molecule has 192 valence electrons. The zero-order valence-corrected chi connectivity index (χ0v) is 21.7. The number of aromatic nitrogens is 1. The Labute approximate surface area is 221 Å². The van der Waals surface area contributed by atoms with Gasteiger partial charge in [0.05, 0.1) is 33.5 Å². The van der Waals surface area contributed by atoms with Crippen molar-refractivity contribution in [2.75, 3.05) is 0 Å². The third kappa shape index (κ3) is 4.76. The van der Waals surface area contributed by atoms with Gasteiger partial charge in [0.2, 0.25) is 0 Å². The quantitative estimate of drug-likeness (QED) is 0.377. The van der Waals surface area contributed by atoms with Crippen LogP contribution in [0.15, 0.2) is 92.2 Å². The molecule has 0 aliphatic carbocycles. The van der Waals surface area contributed by atoms with Gasteiger partial charge in [0.25, 0.3) is 5.56 Å². The van der Waals surface area contributed by atoms with E-state index in [1.165, 1.54) is 28.0 Å². The number of hydrogen-bond donors (Lipinski definition) is 1. The maximum absolute atomic E-state index is 13.7. The number of nitrogens with zero attached hydrogens (tertiary/aromatic N) is 2. The number of carboxylic acid groups (broad SMARTS) is 1. The van der Waals surface area contributed by atoms with E-state index in [9.17, 15) is 14.4 Å². The van der Waals surface area contributed by atoms with Gasteiger partial charge in [-0.1, -0.05) is 53.8 Å². The first kappa shape index (κ1) is 25.2. The Morgan fingerprint density at radius 3 is 2.45 bits per heavy atom. The van der Waals surface area contributed by atoms with E-state index in [2.05, 4.69) is 4.99 Å². The molecule has 0 saturated carbocycles. The molecule has 2 aromatic carbocycles. The van der Waals surface area contributed by atoms with Crippen molar-refractivity contribution in [3.63, 3.8) is 0 Å². The second-order valence-corrected chi connectivity index (χ2v) is 10.0. The largest absolute Gasteiger partial charge is 0.478 e. The van der Waals surface area contributed by atoms with Crippen LogP contribution in [0.25, 0.3) is 17.4 Å². The van der Waals surface area contributed by atoms with Gasteiger partial charge in [0.15, 0.2) is 4.80 Å². The lowest BCUT2D eigenvalue weighted by molar-refractivity contribution is -0.143. The van der Waals surface area contributed by atoms with E-state index in [-0.39, 0.29) is 17.2 Å². The minimum atomic E-state index is -1.00. The SMILES string of the molecule is CC1=C(C(=O)OC(C)C)C(c2ccccc2)n2c(sc(=Cc3ccc(-c4ccc(C(=O)O)cc4)o3)c2=O)=N1. The predicted octanol–water partition coefficient (Wildman–Crippen LogP) is 4.15. The molecule has 1 atom stereocenters. The fraction of sp³-hybridized carbons (Fsp3) is 0.172. The van der Waals surface area contributed by atoms with Gasteiger partial charge in [-0.05, 0) is 50.6 Å². The summed E-state index contributed by atoms with van der Waals surface area (Å²) in [6.45, 7) is 5.30. The second-order valence-electron chi connectivity index (χ2n) is 9.03. The first-order chi connectivity index (χ1) is 18.2. The number of thiazole rings is 1. The number of benzene rings is 2. The Balaban J connectivity index is 1.58. The molecule has 4 aromatic rings. The molecular weight excluding hydrogens is 504 g/mol. The molecule has 3 heterocycles. The standard InChI is InChI=1S/C29H24N2O6S/c1-16(2)36-28(35)24-17(3)30-29-31(25(24)19-7-5-4-6-8-19)26(32)23(38-29)15-21-13-14-22(37-21)18-9-11-20(12-10-18)27(33)34/h4-16,25H,1-3H3,(H,33,34). The highest BCUT2D eigenvalue weighted by molar-refractivity contribution is 7.07. The van der Waals surface area contributed by atoms with Crippen LogP contribution in [-0.2, 0) is 9.53 Å². The fourth-order valence-electron chi connectivity index (χ4n) is 4.30. The smallest absolute Gasteiger partial charge is 0.338 e. The highest BCUT2D eigenvalue weighted by Crippen LogP contribution is 2.31. The van der Waals surface area contributed by atoms with Crippen molar-refractivity contribution in [2.45, 2.75) is 32.9 Å². The van der Waals surface area contributed by atoms with E-state index in [0.717, 1.165) is 5.56 Å². The molecule has 1 unspecified atom stereocenters. The Morgan fingerprint density at radius 2 is 1.79 bits per heavy atom. The van der Waals surface area contributed by atoms with Crippen LogP contribution >= 0.6 is 11.3 Å². The van der Waals surface area contributed by atoms with Crippen LogP contribution in [0.5, 0.6) is 0 Å². The monoisotopic (exact) mass is 528 g/mol. The number of hydrogen-bond acceptors (Lipinski definition) is 7. The first-order valence-corrected chi connectivity index (χ1v) is 12.8. The molecule has 0 bridgehead atoms. The minimum Gasteiger partial charge on any atom is -0.478 e. The fourth-order valence-corrected chi connectivity index (χ4v) is 5.33. The first-order valence-electron chi connectivity index (χ1n) is 11.9. The highest BCUT2D eigenvalue weighted by Gasteiger charge is 2.33. The number of allylic oxidation sites excluding steroid dienone is 1. The molecular formula is C29H24N2O6S. The van der Waals surface area contributed by atoms with Crippen LogP contribution in [0.3, 0.4) is 0 Å². The van der Waals surface area contributed by atoms with E-state index < -0.39 is 18.0 Å². The average molecular weight is 529 g/mol. The number of carboxylic acids is 1. The number of ether oxygens (including phenoxy) is 1. The number of carbonyl (C=O) groups is 2.